The first-order chi connectivity index (χ1) is 28.5. The highest BCUT2D eigenvalue weighted by atomic mass is 15.1. The first kappa shape index (κ1) is 33.7. The summed E-state index contributed by atoms with van der Waals surface area (Å²) in [5.74, 6) is 1.56. The minimum atomic E-state index is -0.300. The zero-order valence-corrected chi connectivity index (χ0v) is 32.0. The maximum absolute atomic E-state index is 5.50. The van der Waals surface area contributed by atoms with Crippen molar-refractivity contribution in [3.63, 3.8) is 0 Å². The summed E-state index contributed by atoms with van der Waals surface area (Å²) < 4.78 is 2.26. The second kappa shape index (κ2) is 13.3. The molecular formula is C52H36N6. The lowest BCUT2D eigenvalue weighted by molar-refractivity contribution is 0.660. The fraction of sp³-hybridized carbons (Fsp3) is 0.0577. The van der Waals surface area contributed by atoms with Gasteiger partial charge in [-0.25, -0.2) is 19.9 Å². The standard InChI is InChI=1S/C52H36N6/c1-52(2)41-30-35(46-32-45(33-16-6-3-7-17-33)55-50(56-46)34-18-8-4-9-19-34)25-27-38(41)39-28-26-36(31-42(39)52)51-57-47-40-22-12-13-23-43(40)54-48(44-24-14-15-29-53-44)49(47)58(51)37-20-10-5-11-21-37/h3-32H,1-2H3. The third-order valence-corrected chi connectivity index (χ3v) is 11.5. The van der Waals surface area contributed by atoms with Crippen LogP contribution in [0.2, 0.25) is 0 Å². The predicted molar refractivity (Wildman–Crippen MR) is 234 cm³/mol. The molecule has 1 aliphatic carbocycles. The smallest absolute Gasteiger partial charge is 0.160 e. The summed E-state index contributed by atoms with van der Waals surface area (Å²) in [6.07, 6.45) is 1.82. The summed E-state index contributed by atoms with van der Waals surface area (Å²) in [5, 5.41) is 1.00. The fourth-order valence-electron chi connectivity index (χ4n) is 8.58. The average Bonchev–Trinajstić information content (AvgIpc) is 3.80. The van der Waals surface area contributed by atoms with E-state index < -0.39 is 0 Å². The second-order valence-electron chi connectivity index (χ2n) is 15.3. The molecule has 6 heteroatoms. The van der Waals surface area contributed by atoms with Gasteiger partial charge in [-0.3, -0.25) is 9.55 Å². The minimum Gasteiger partial charge on any atom is -0.290 e. The van der Waals surface area contributed by atoms with Crippen LogP contribution in [0.3, 0.4) is 0 Å². The van der Waals surface area contributed by atoms with E-state index in [-0.39, 0.29) is 5.41 Å². The molecule has 4 aromatic heterocycles. The van der Waals surface area contributed by atoms with Crippen molar-refractivity contribution in [3.8, 4) is 73.5 Å². The average molecular weight is 745 g/mol. The van der Waals surface area contributed by atoms with Crippen molar-refractivity contribution in [2.45, 2.75) is 19.3 Å². The molecule has 0 atom stereocenters. The molecule has 0 saturated carbocycles. The number of imidazole rings is 1. The number of para-hydroxylation sites is 2. The van der Waals surface area contributed by atoms with Gasteiger partial charge in [0.1, 0.15) is 22.6 Å². The van der Waals surface area contributed by atoms with E-state index in [0.29, 0.717) is 5.82 Å². The zero-order valence-electron chi connectivity index (χ0n) is 32.0. The van der Waals surface area contributed by atoms with Gasteiger partial charge in [0.2, 0.25) is 0 Å². The third-order valence-electron chi connectivity index (χ3n) is 11.5. The summed E-state index contributed by atoms with van der Waals surface area (Å²) in [5.41, 5.74) is 15.9. The Labute approximate surface area is 336 Å². The second-order valence-corrected chi connectivity index (χ2v) is 15.3. The van der Waals surface area contributed by atoms with Gasteiger partial charge in [-0.1, -0.05) is 141 Å². The van der Waals surface area contributed by atoms with Crippen LogP contribution in [-0.4, -0.2) is 29.5 Å². The van der Waals surface area contributed by atoms with Crippen LogP contribution >= 0.6 is 0 Å². The topological polar surface area (TPSA) is 69.4 Å². The molecule has 0 unspecified atom stereocenters. The number of fused-ring (bicyclic) bond motifs is 6. The Morgan fingerprint density at radius 2 is 1.07 bits per heavy atom. The summed E-state index contributed by atoms with van der Waals surface area (Å²) in [4.78, 5) is 25.7. The molecule has 10 aromatic rings. The van der Waals surface area contributed by atoms with Crippen LogP contribution in [0.1, 0.15) is 25.0 Å². The first-order valence-corrected chi connectivity index (χ1v) is 19.6. The third kappa shape index (κ3) is 5.45. The largest absolute Gasteiger partial charge is 0.290 e. The highest BCUT2D eigenvalue weighted by molar-refractivity contribution is 6.09. The van der Waals surface area contributed by atoms with Gasteiger partial charge in [0, 0.05) is 44.9 Å². The van der Waals surface area contributed by atoms with Crippen LogP contribution in [-0.2, 0) is 5.41 Å². The Bertz CT molecular complexity index is 3120. The van der Waals surface area contributed by atoms with Gasteiger partial charge in [-0.2, -0.15) is 0 Å². The molecule has 6 nitrogen and oxygen atoms in total. The van der Waals surface area contributed by atoms with Crippen molar-refractivity contribution in [3.05, 3.63) is 193 Å². The van der Waals surface area contributed by atoms with E-state index in [9.17, 15) is 0 Å². The fourth-order valence-corrected chi connectivity index (χ4v) is 8.58. The number of pyridine rings is 2. The van der Waals surface area contributed by atoms with E-state index >= 15 is 0 Å². The predicted octanol–water partition coefficient (Wildman–Crippen LogP) is 12.4. The van der Waals surface area contributed by atoms with Crippen LogP contribution in [0.5, 0.6) is 0 Å². The quantitative estimate of drug-likeness (QED) is 0.170. The van der Waals surface area contributed by atoms with Crippen molar-refractivity contribution in [2.24, 2.45) is 0 Å². The Kier molecular flexibility index (Phi) is 7.73. The molecule has 0 aliphatic heterocycles. The van der Waals surface area contributed by atoms with Gasteiger partial charge in [0.05, 0.1) is 22.6 Å². The molecule has 58 heavy (non-hydrogen) atoms. The van der Waals surface area contributed by atoms with Gasteiger partial charge in [0.15, 0.2) is 5.82 Å². The molecule has 11 rings (SSSR count). The first-order valence-electron chi connectivity index (χ1n) is 19.6. The van der Waals surface area contributed by atoms with E-state index in [1.54, 1.807) is 0 Å². The number of benzene rings is 6. The number of rotatable bonds is 6. The van der Waals surface area contributed by atoms with Gasteiger partial charge >= 0.3 is 0 Å². The molecule has 0 saturated heterocycles. The molecule has 0 N–H and O–H groups in total. The van der Waals surface area contributed by atoms with E-state index in [4.69, 9.17) is 24.9 Å². The van der Waals surface area contributed by atoms with Crippen molar-refractivity contribution < 1.29 is 0 Å². The molecule has 0 bridgehead atoms. The lowest BCUT2D eigenvalue weighted by atomic mass is 9.81. The van der Waals surface area contributed by atoms with Gasteiger partial charge < -0.3 is 0 Å². The highest BCUT2D eigenvalue weighted by Crippen LogP contribution is 2.51. The Morgan fingerprint density at radius 1 is 0.466 bits per heavy atom. The van der Waals surface area contributed by atoms with E-state index in [2.05, 4.69) is 140 Å². The number of hydrogen-bond acceptors (Lipinski definition) is 5. The molecule has 0 amide bonds. The van der Waals surface area contributed by atoms with E-state index in [1.807, 2.05) is 60.8 Å². The summed E-state index contributed by atoms with van der Waals surface area (Å²) >= 11 is 0. The molecule has 274 valence electrons. The maximum atomic E-state index is 5.50. The van der Waals surface area contributed by atoms with E-state index in [0.717, 1.165) is 78.5 Å². The summed E-state index contributed by atoms with van der Waals surface area (Å²) in [6, 6.07) is 61.0. The molecule has 4 heterocycles. The molecule has 6 aromatic carbocycles. The van der Waals surface area contributed by atoms with Crippen LogP contribution < -0.4 is 0 Å². The number of nitrogens with zero attached hydrogens (tertiary/aromatic N) is 6. The minimum absolute atomic E-state index is 0.300. The van der Waals surface area contributed by atoms with E-state index in [1.165, 1.54) is 22.3 Å². The van der Waals surface area contributed by atoms with Crippen LogP contribution in [0, 0.1) is 0 Å². The SMILES string of the molecule is CC1(C)c2cc(-c3cc(-c4ccccc4)nc(-c4ccccc4)n3)ccc2-c2ccc(-c3nc4c5ccccc5nc(-c5ccccn5)c4n3-c3ccccc3)cc21. The Balaban J connectivity index is 1.08. The molecule has 0 fully saturated rings. The lowest BCUT2D eigenvalue weighted by Gasteiger charge is -2.22. The molecule has 0 spiro atoms. The molecule has 0 radical (unpaired) electrons. The highest BCUT2D eigenvalue weighted by Gasteiger charge is 2.36. The number of aromatic nitrogens is 6. The molecule has 1 aliphatic rings. The Hall–Kier alpha value is -7.57. The molecular weight excluding hydrogens is 709 g/mol. The van der Waals surface area contributed by atoms with Gasteiger partial charge in [-0.15, -0.1) is 0 Å². The van der Waals surface area contributed by atoms with Crippen LogP contribution in [0.25, 0.3) is 95.4 Å². The summed E-state index contributed by atoms with van der Waals surface area (Å²) in [7, 11) is 0. The monoisotopic (exact) mass is 744 g/mol. The van der Waals surface area contributed by atoms with Gasteiger partial charge in [-0.05, 0) is 70.8 Å². The number of hydrogen-bond donors (Lipinski definition) is 0. The maximum Gasteiger partial charge on any atom is 0.160 e. The van der Waals surface area contributed by atoms with Crippen molar-refractivity contribution in [1.29, 1.82) is 0 Å². The van der Waals surface area contributed by atoms with Crippen LogP contribution in [0.4, 0.5) is 0 Å². The summed E-state index contributed by atoms with van der Waals surface area (Å²) in [6.45, 7) is 4.65. The van der Waals surface area contributed by atoms with Crippen LogP contribution in [0.15, 0.2) is 182 Å². The van der Waals surface area contributed by atoms with Crippen molar-refractivity contribution >= 4 is 21.9 Å². The zero-order chi connectivity index (χ0) is 38.8. The Morgan fingerprint density at radius 3 is 1.78 bits per heavy atom. The normalized spacial score (nSPS) is 12.8. The van der Waals surface area contributed by atoms with Crippen molar-refractivity contribution in [1.82, 2.24) is 29.5 Å². The van der Waals surface area contributed by atoms with Crippen molar-refractivity contribution in [2.75, 3.05) is 0 Å². The lowest BCUT2D eigenvalue weighted by Crippen LogP contribution is -2.15. The van der Waals surface area contributed by atoms with Gasteiger partial charge in [0.25, 0.3) is 0 Å².